The van der Waals surface area contributed by atoms with E-state index in [2.05, 4.69) is 66.5 Å². The molecule has 2 N–H and O–H groups in total. The van der Waals surface area contributed by atoms with Gasteiger partial charge in [0.15, 0.2) is 6.71 Å². The zero-order valence-corrected chi connectivity index (χ0v) is 18.1. The van der Waals surface area contributed by atoms with Gasteiger partial charge in [0.25, 0.3) is 0 Å². The maximum absolute atomic E-state index is 4.19. The summed E-state index contributed by atoms with van der Waals surface area (Å²) in [6.07, 6.45) is 4.43. The molecule has 3 aliphatic rings. The number of allylic oxidation sites excluding steroid dienone is 2. The maximum Gasteiger partial charge on any atom is 0.199 e. The van der Waals surface area contributed by atoms with Crippen LogP contribution < -0.4 is 10.6 Å². The fraction of sp³-hybridized carbons (Fsp3) is 0.385. The van der Waals surface area contributed by atoms with Crippen molar-refractivity contribution in [3.05, 3.63) is 88.0 Å². The van der Waals surface area contributed by atoms with Crippen LogP contribution in [0.1, 0.15) is 54.2 Å². The lowest BCUT2D eigenvalue weighted by Gasteiger charge is -2.28. The van der Waals surface area contributed by atoms with Gasteiger partial charge < -0.3 is 10.6 Å². The van der Waals surface area contributed by atoms with Gasteiger partial charge in [-0.05, 0) is 66.0 Å². The predicted molar refractivity (Wildman–Crippen MR) is 126 cm³/mol. The Morgan fingerprint density at radius 1 is 1.14 bits per heavy atom. The third kappa shape index (κ3) is 4.07. The molecule has 0 radical (unpaired) electrons. The molecule has 2 aromatic rings. The molecule has 3 aliphatic heterocycles. The molecule has 0 saturated heterocycles. The number of nitrogens with one attached hydrogen (secondary N) is 2. The highest BCUT2D eigenvalue weighted by molar-refractivity contribution is 6.67. The van der Waals surface area contributed by atoms with Gasteiger partial charge in [0.2, 0.25) is 0 Å². The minimum atomic E-state index is 0.548. The van der Waals surface area contributed by atoms with Crippen molar-refractivity contribution in [2.45, 2.75) is 58.8 Å². The summed E-state index contributed by atoms with van der Waals surface area (Å²) >= 11 is 0. The van der Waals surface area contributed by atoms with Crippen molar-refractivity contribution < 1.29 is 0 Å². The SMILES string of the molecule is C=C(C)c1cccc2c1CB1C=C(Cc3ccc4c(c3)CNCC4)NC1C2.CC. The summed E-state index contributed by atoms with van der Waals surface area (Å²) < 4.78 is 0. The second-order valence-electron chi connectivity index (χ2n) is 8.45. The molecule has 0 aliphatic carbocycles. The molecule has 2 aromatic carbocycles. The lowest BCUT2D eigenvalue weighted by molar-refractivity contribution is 0.642. The van der Waals surface area contributed by atoms with Crippen molar-refractivity contribution in [3.63, 3.8) is 0 Å². The lowest BCUT2D eigenvalue weighted by Crippen LogP contribution is -2.42. The van der Waals surface area contributed by atoms with Crippen LogP contribution >= 0.6 is 0 Å². The molecule has 1 unspecified atom stereocenters. The van der Waals surface area contributed by atoms with Crippen molar-refractivity contribution in [2.75, 3.05) is 6.54 Å². The van der Waals surface area contributed by atoms with Crippen LogP contribution in [-0.4, -0.2) is 19.2 Å². The summed E-state index contributed by atoms with van der Waals surface area (Å²) in [5.41, 5.74) is 11.4. The molecule has 3 heteroatoms. The van der Waals surface area contributed by atoms with Crippen LogP contribution in [0, 0.1) is 0 Å². The Morgan fingerprint density at radius 3 is 2.83 bits per heavy atom. The highest BCUT2D eigenvalue weighted by atomic mass is 14.9. The van der Waals surface area contributed by atoms with Crippen molar-refractivity contribution in [1.82, 2.24) is 10.6 Å². The molecule has 0 spiro atoms. The van der Waals surface area contributed by atoms with E-state index in [1.165, 1.54) is 44.7 Å². The Labute approximate surface area is 176 Å². The molecular weight excluding hydrogens is 351 g/mol. The molecule has 3 heterocycles. The quantitative estimate of drug-likeness (QED) is 0.750. The van der Waals surface area contributed by atoms with Gasteiger partial charge in [-0.2, -0.15) is 0 Å². The van der Waals surface area contributed by atoms with Crippen LogP contribution in [0.4, 0.5) is 0 Å². The van der Waals surface area contributed by atoms with Crippen molar-refractivity contribution in [3.8, 4) is 0 Å². The molecule has 1 atom stereocenters. The van der Waals surface area contributed by atoms with E-state index in [0.29, 0.717) is 12.7 Å². The summed E-state index contributed by atoms with van der Waals surface area (Å²) in [4.78, 5) is 0. The van der Waals surface area contributed by atoms with Gasteiger partial charge in [0.1, 0.15) is 0 Å². The molecule has 0 saturated carbocycles. The minimum absolute atomic E-state index is 0.548. The molecule has 0 aromatic heterocycles. The number of rotatable bonds is 3. The average Bonchev–Trinajstić information content (AvgIpc) is 3.13. The first-order chi connectivity index (χ1) is 14.2. The van der Waals surface area contributed by atoms with Gasteiger partial charge >= 0.3 is 0 Å². The fourth-order valence-corrected chi connectivity index (χ4v) is 5.08. The molecule has 150 valence electrons. The lowest BCUT2D eigenvalue weighted by atomic mass is 9.39. The van der Waals surface area contributed by atoms with Crippen LogP contribution in [0.5, 0.6) is 0 Å². The van der Waals surface area contributed by atoms with E-state index >= 15 is 0 Å². The first kappa shape index (κ1) is 20.0. The predicted octanol–water partition coefficient (Wildman–Crippen LogP) is 4.70. The maximum atomic E-state index is 4.19. The highest BCUT2D eigenvalue weighted by Gasteiger charge is 2.35. The van der Waals surface area contributed by atoms with Gasteiger partial charge in [0.05, 0.1) is 0 Å². The second kappa shape index (κ2) is 8.63. The van der Waals surface area contributed by atoms with E-state index in [1.807, 2.05) is 13.8 Å². The van der Waals surface area contributed by atoms with Crippen molar-refractivity contribution in [2.24, 2.45) is 0 Å². The Balaban J connectivity index is 0.000000994. The normalized spacial score (nSPS) is 19.1. The highest BCUT2D eigenvalue weighted by Crippen LogP contribution is 2.31. The third-order valence-electron chi connectivity index (χ3n) is 6.47. The van der Waals surface area contributed by atoms with Crippen LogP contribution in [0.3, 0.4) is 0 Å². The van der Waals surface area contributed by atoms with Crippen LogP contribution in [-0.2, 0) is 32.1 Å². The summed E-state index contributed by atoms with van der Waals surface area (Å²) in [6, 6.07) is 13.8. The topological polar surface area (TPSA) is 24.1 Å². The van der Waals surface area contributed by atoms with E-state index < -0.39 is 0 Å². The summed E-state index contributed by atoms with van der Waals surface area (Å²) in [7, 11) is 0. The molecule has 0 amide bonds. The van der Waals surface area contributed by atoms with Crippen LogP contribution in [0.15, 0.2) is 54.6 Å². The second-order valence-corrected chi connectivity index (χ2v) is 8.45. The Kier molecular flexibility index (Phi) is 5.96. The standard InChI is InChI=1S/C24H27BN2.C2H6/c1-16(2)22-5-3-4-19-12-24-25(14-23(19)22)13-21(27-24)11-17-6-7-18-8-9-26-15-20(18)10-17;1-2/h3-7,10,13,24,26-27H,1,8-9,11-12,14-15H2,2H3;1-2H3. The summed E-state index contributed by atoms with van der Waals surface area (Å²) in [6.45, 7) is 13.0. The fourth-order valence-electron chi connectivity index (χ4n) is 5.08. The molecular formula is C26H33BN2. The number of fused-ring (bicyclic) bond motifs is 3. The monoisotopic (exact) mass is 384 g/mol. The number of hydrogen-bond acceptors (Lipinski definition) is 2. The third-order valence-corrected chi connectivity index (χ3v) is 6.47. The average molecular weight is 384 g/mol. The van der Waals surface area contributed by atoms with Crippen LogP contribution in [0.2, 0.25) is 0 Å². The van der Waals surface area contributed by atoms with E-state index in [4.69, 9.17) is 0 Å². The smallest absolute Gasteiger partial charge is 0.199 e. The Hall–Kier alpha value is -2.26. The first-order valence-corrected chi connectivity index (χ1v) is 11.2. The largest absolute Gasteiger partial charge is 0.393 e. The van der Waals surface area contributed by atoms with Crippen molar-refractivity contribution in [1.29, 1.82) is 0 Å². The zero-order chi connectivity index (χ0) is 20.4. The van der Waals surface area contributed by atoms with E-state index in [0.717, 1.165) is 38.7 Å². The minimum Gasteiger partial charge on any atom is -0.393 e. The van der Waals surface area contributed by atoms with E-state index in [9.17, 15) is 0 Å². The van der Waals surface area contributed by atoms with E-state index in [-0.39, 0.29) is 0 Å². The molecule has 5 rings (SSSR count). The number of benzene rings is 2. The Morgan fingerprint density at radius 2 is 2.00 bits per heavy atom. The molecule has 2 nitrogen and oxygen atoms in total. The van der Waals surface area contributed by atoms with Crippen LogP contribution in [0.25, 0.3) is 5.57 Å². The molecule has 29 heavy (non-hydrogen) atoms. The van der Waals surface area contributed by atoms with Gasteiger partial charge in [0, 0.05) is 24.6 Å². The zero-order valence-electron chi connectivity index (χ0n) is 18.1. The summed E-state index contributed by atoms with van der Waals surface area (Å²) in [5, 5.41) is 7.32. The first-order valence-electron chi connectivity index (χ1n) is 11.2. The summed E-state index contributed by atoms with van der Waals surface area (Å²) in [5.74, 6) is 3.05. The van der Waals surface area contributed by atoms with Gasteiger partial charge in [-0.15, -0.1) is 0 Å². The van der Waals surface area contributed by atoms with Gasteiger partial charge in [-0.25, -0.2) is 0 Å². The Bertz CT molecular complexity index is 944. The number of hydrogen-bond donors (Lipinski definition) is 2. The van der Waals surface area contributed by atoms with E-state index in [1.54, 1.807) is 0 Å². The van der Waals surface area contributed by atoms with Gasteiger partial charge in [-0.1, -0.05) is 68.4 Å². The molecule has 0 bridgehead atoms. The van der Waals surface area contributed by atoms with Crippen molar-refractivity contribution >= 4 is 12.3 Å². The van der Waals surface area contributed by atoms with Gasteiger partial charge in [-0.3, -0.25) is 0 Å². The molecule has 0 fully saturated rings.